The molecule has 0 saturated carbocycles. The van der Waals surface area contributed by atoms with E-state index in [2.05, 4.69) is 144 Å². The van der Waals surface area contributed by atoms with E-state index in [4.69, 9.17) is 0 Å². The van der Waals surface area contributed by atoms with Crippen molar-refractivity contribution in [1.29, 1.82) is 0 Å². The quantitative estimate of drug-likeness (QED) is 0.167. The molecule has 0 amide bonds. The first kappa shape index (κ1) is 25.9. The number of hydrogen-bond acceptors (Lipinski definition) is 2. The number of allylic oxidation sites excluding steroid dienone is 1. The van der Waals surface area contributed by atoms with E-state index >= 15 is 0 Å². The average Bonchev–Trinajstić information content (AvgIpc) is 3.82. The topological polar surface area (TPSA) is 4.93 Å². The molecule has 3 heterocycles. The fraction of sp³-hybridized carbons (Fsp3) is 0.0455. The maximum atomic E-state index is 2.47. The second-order valence-corrected chi connectivity index (χ2v) is 14.8. The van der Waals surface area contributed by atoms with Crippen LogP contribution in [-0.2, 0) is 6.42 Å². The smallest absolute Gasteiger partial charge is 0.0547 e. The number of rotatable bonds is 2. The van der Waals surface area contributed by atoms with Gasteiger partial charge >= 0.3 is 0 Å². The Labute approximate surface area is 279 Å². The maximum absolute atomic E-state index is 2.47. The van der Waals surface area contributed by atoms with Crippen LogP contribution in [-0.4, -0.2) is 4.57 Å². The van der Waals surface area contributed by atoms with Crippen molar-refractivity contribution < 1.29 is 0 Å². The van der Waals surface area contributed by atoms with Gasteiger partial charge in [0.1, 0.15) is 0 Å². The lowest BCUT2D eigenvalue weighted by Crippen LogP contribution is -1.94. The lowest BCUT2D eigenvalue weighted by atomic mass is 9.94. The Morgan fingerprint density at radius 3 is 2.15 bits per heavy atom. The molecular formula is C44H27NS2. The molecule has 11 rings (SSSR count). The standard InChI is InChI=1S/C44H27NS2/c1-2-12-32-29(10-1)31-24-25-37-40(41(31)42-35-14-5-8-19-39(35)47-44(32)42)34-13-3-6-17-36(34)45(37)27-22-20-26(21-23-27)28-15-9-16-33-30-11-4-7-18-38(30)46-43(28)33/h1-3,5-10,12-25H,4,11H2. The minimum Gasteiger partial charge on any atom is -0.309 e. The van der Waals surface area contributed by atoms with Crippen LogP contribution in [0.4, 0.5) is 0 Å². The van der Waals surface area contributed by atoms with Crippen LogP contribution in [0.25, 0.3) is 96.5 Å². The van der Waals surface area contributed by atoms with E-state index in [0.717, 1.165) is 12.8 Å². The van der Waals surface area contributed by atoms with Gasteiger partial charge in [-0.05, 0) is 82.1 Å². The summed E-state index contributed by atoms with van der Waals surface area (Å²) in [6.45, 7) is 0. The van der Waals surface area contributed by atoms with Gasteiger partial charge in [-0.25, -0.2) is 0 Å². The summed E-state index contributed by atoms with van der Waals surface area (Å²) < 4.78 is 6.59. The van der Waals surface area contributed by atoms with E-state index in [9.17, 15) is 0 Å². The number of aromatic nitrogens is 1. The summed E-state index contributed by atoms with van der Waals surface area (Å²) >= 11 is 3.86. The summed E-state index contributed by atoms with van der Waals surface area (Å²) in [4.78, 5) is 1.42. The van der Waals surface area contributed by atoms with E-state index in [1.54, 1.807) is 0 Å². The molecule has 0 bridgehead atoms. The molecule has 1 aliphatic rings. The van der Waals surface area contributed by atoms with Crippen LogP contribution in [0.15, 0.2) is 133 Å². The van der Waals surface area contributed by atoms with Crippen molar-refractivity contribution in [3.8, 4) is 16.8 Å². The normalized spacial score (nSPS) is 13.3. The number of thiophene rings is 2. The largest absolute Gasteiger partial charge is 0.309 e. The summed E-state index contributed by atoms with van der Waals surface area (Å²) in [6, 6.07) is 47.6. The third kappa shape index (κ3) is 3.53. The fourth-order valence-corrected chi connectivity index (χ4v) is 10.8. The highest BCUT2D eigenvalue weighted by atomic mass is 32.1. The zero-order chi connectivity index (χ0) is 30.6. The summed E-state index contributed by atoms with van der Waals surface area (Å²) in [5, 5.41) is 12.1. The Morgan fingerprint density at radius 1 is 0.489 bits per heavy atom. The van der Waals surface area contributed by atoms with Crippen LogP contribution in [0.5, 0.6) is 0 Å². The maximum Gasteiger partial charge on any atom is 0.0547 e. The van der Waals surface area contributed by atoms with E-state index in [0.29, 0.717) is 0 Å². The molecule has 3 aromatic heterocycles. The summed E-state index contributed by atoms with van der Waals surface area (Å²) in [6.07, 6.45) is 6.91. The van der Waals surface area contributed by atoms with Crippen LogP contribution in [0.3, 0.4) is 0 Å². The van der Waals surface area contributed by atoms with Crippen LogP contribution in [0.2, 0.25) is 0 Å². The molecular weight excluding hydrogens is 607 g/mol. The molecule has 0 radical (unpaired) electrons. The van der Waals surface area contributed by atoms with Gasteiger partial charge in [0, 0.05) is 57.0 Å². The predicted octanol–water partition coefficient (Wildman–Crippen LogP) is 13.3. The minimum absolute atomic E-state index is 1.14. The van der Waals surface area contributed by atoms with Crippen LogP contribution in [0, 0.1) is 0 Å². The van der Waals surface area contributed by atoms with Crippen LogP contribution in [0.1, 0.15) is 16.9 Å². The fourth-order valence-electron chi connectivity index (χ4n) is 8.24. The van der Waals surface area contributed by atoms with Gasteiger partial charge in [0.25, 0.3) is 0 Å². The van der Waals surface area contributed by atoms with Crippen molar-refractivity contribution in [1.82, 2.24) is 4.57 Å². The minimum atomic E-state index is 1.14. The highest BCUT2D eigenvalue weighted by Crippen LogP contribution is 2.48. The van der Waals surface area contributed by atoms with Gasteiger partial charge in [-0.3, -0.25) is 0 Å². The Morgan fingerprint density at radius 2 is 1.26 bits per heavy atom. The highest BCUT2D eigenvalue weighted by molar-refractivity contribution is 7.27. The number of benzene rings is 7. The Balaban J connectivity index is 1.20. The number of fused-ring (bicyclic) bond motifs is 15. The highest BCUT2D eigenvalue weighted by Gasteiger charge is 2.21. The lowest BCUT2D eigenvalue weighted by molar-refractivity contribution is 1.01. The molecule has 0 atom stereocenters. The van der Waals surface area contributed by atoms with E-state index in [1.165, 1.54) is 101 Å². The molecule has 220 valence electrons. The molecule has 0 saturated heterocycles. The second kappa shape index (κ2) is 9.65. The van der Waals surface area contributed by atoms with Crippen LogP contribution < -0.4 is 0 Å². The lowest BCUT2D eigenvalue weighted by Gasteiger charge is -2.12. The summed E-state index contributed by atoms with van der Waals surface area (Å²) in [7, 11) is 0. The van der Waals surface area contributed by atoms with Crippen molar-refractivity contribution in [2.45, 2.75) is 12.8 Å². The summed E-state index contributed by atoms with van der Waals surface area (Å²) in [5.41, 5.74) is 7.79. The molecule has 1 aliphatic carbocycles. The van der Waals surface area contributed by atoms with Crippen molar-refractivity contribution in [3.63, 3.8) is 0 Å². The van der Waals surface area contributed by atoms with Crippen molar-refractivity contribution in [2.24, 2.45) is 0 Å². The third-order valence-electron chi connectivity index (χ3n) is 10.3. The van der Waals surface area contributed by atoms with Crippen molar-refractivity contribution in [3.05, 3.63) is 144 Å². The monoisotopic (exact) mass is 633 g/mol. The van der Waals surface area contributed by atoms with Gasteiger partial charge in [-0.15, -0.1) is 22.7 Å². The molecule has 0 spiro atoms. The molecule has 47 heavy (non-hydrogen) atoms. The zero-order valence-electron chi connectivity index (χ0n) is 25.5. The van der Waals surface area contributed by atoms with Gasteiger partial charge in [0.2, 0.25) is 0 Å². The molecule has 0 unspecified atom stereocenters. The molecule has 7 aromatic carbocycles. The molecule has 10 aromatic rings. The first-order chi connectivity index (χ1) is 23.3. The Kier molecular flexibility index (Phi) is 5.32. The Hall–Kier alpha value is -5.22. The second-order valence-electron chi connectivity index (χ2n) is 12.7. The van der Waals surface area contributed by atoms with Gasteiger partial charge in [-0.2, -0.15) is 0 Å². The zero-order valence-corrected chi connectivity index (χ0v) is 27.1. The number of nitrogens with zero attached hydrogens (tertiary/aromatic N) is 1. The third-order valence-corrected chi connectivity index (χ3v) is 12.7. The predicted molar refractivity (Wildman–Crippen MR) is 207 cm³/mol. The molecule has 0 fully saturated rings. The van der Waals surface area contributed by atoms with E-state index in [1.807, 2.05) is 22.7 Å². The molecule has 1 nitrogen and oxygen atoms in total. The van der Waals surface area contributed by atoms with Gasteiger partial charge in [0.15, 0.2) is 0 Å². The van der Waals surface area contributed by atoms with Gasteiger partial charge < -0.3 is 4.57 Å². The SMILES string of the molecule is C1=Cc2sc3c(-c4ccc(-n5c6ccccc6c6c7c(ccc65)c5ccccc5c5sc6ccccc6c57)cc4)cccc3c2CC1. The first-order valence-corrected chi connectivity index (χ1v) is 18.0. The molecule has 0 aliphatic heterocycles. The van der Waals surface area contributed by atoms with E-state index in [-0.39, 0.29) is 0 Å². The Bertz CT molecular complexity index is 2950. The van der Waals surface area contributed by atoms with Crippen molar-refractivity contribution in [2.75, 3.05) is 0 Å². The molecule has 0 N–H and O–H groups in total. The average molecular weight is 634 g/mol. The van der Waals surface area contributed by atoms with E-state index < -0.39 is 0 Å². The van der Waals surface area contributed by atoms with Gasteiger partial charge in [-0.1, -0.05) is 103 Å². The number of para-hydroxylation sites is 1. The first-order valence-electron chi connectivity index (χ1n) is 16.3. The van der Waals surface area contributed by atoms with Gasteiger partial charge in [0.05, 0.1) is 11.0 Å². The number of aryl methyl sites for hydroxylation is 1. The molecule has 3 heteroatoms. The summed E-state index contributed by atoms with van der Waals surface area (Å²) in [5.74, 6) is 0. The number of hydrogen-bond donors (Lipinski definition) is 0. The van der Waals surface area contributed by atoms with Crippen LogP contribution >= 0.6 is 22.7 Å². The van der Waals surface area contributed by atoms with Crippen molar-refractivity contribution >= 4 is 102 Å².